The molecule has 0 aromatic carbocycles. The van der Waals surface area contributed by atoms with Gasteiger partial charge in [-0.05, 0) is 89.9 Å². The molecule has 0 radical (unpaired) electrons. The molecule has 1 aliphatic rings. The third kappa shape index (κ3) is 41.7. The average Bonchev–Trinajstić information content (AvgIpc) is 3.39. The molecule has 12 nitrogen and oxygen atoms in total. The third-order valence-corrected chi connectivity index (χ3v) is 14.2. The molecule has 0 spiro atoms. The molecule has 12 heteroatoms. The molecule has 436 valence electrons. The van der Waals surface area contributed by atoms with E-state index in [9.17, 15) is 34.5 Å². The summed E-state index contributed by atoms with van der Waals surface area (Å²) in [5, 5.41) is 31.4. The number of rotatable bonds is 53. The van der Waals surface area contributed by atoms with Crippen molar-refractivity contribution in [3.05, 3.63) is 36.5 Å². The van der Waals surface area contributed by atoms with Gasteiger partial charge in [0.25, 0.3) is 0 Å². The van der Waals surface area contributed by atoms with Crippen LogP contribution >= 0.6 is 0 Å². The van der Waals surface area contributed by atoms with E-state index in [0.717, 1.165) is 96.3 Å². The smallest absolute Gasteiger partial charge is 0.335 e. The van der Waals surface area contributed by atoms with E-state index in [1.165, 1.54) is 135 Å². The molecule has 1 fully saturated rings. The van der Waals surface area contributed by atoms with E-state index >= 15 is 0 Å². The molecular weight excluding hydrogens is 949 g/mol. The number of carboxylic acid groups (broad SMARTS) is 1. The van der Waals surface area contributed by atoms with Crippen molar-refractivity contribution in [1.29, 1.82) is 0 Å². The number of carbonyl (C=O) groups excluding carboxylic acids is 3. The lowest BCUT2D eigenvalue weighted by Gasteiger charge is -2.40. The third-order valence-electron chi connectivity index (χ3n) is 14.2. The topological polar surface area (TPSA) is 175 Å². The number of hydrogen-bond acceptors (Lipinski definition) is 11. The highest BCUT2D eigenvalue weighted by Gasteiger charge is 2.50. The summed E-state index contributed by atoms with van der Waals surface area (Å²) in [6.07, 6.45) is 48.3. The average molecular weight is 1060 g/mol. The van der Waals surface area contributed by atoms with Crippen LogP contribution in [0.1, 0.15) is 290 Å². The van der Waals surface area contributed by atoms with Gasteiger partial charge >= 0.3 is 23.9 Å². The number of hydrogen-bond donors (Lipinski definition) is 3. The SMILES string of the molecule is CCCC/C=C\CCCCCCCC(=O)OC1C(OCC(COC(=O)CCCCCCCCCCC/C=C\CCCCCCCC)OC(=O)CCCCCCC/C=C\CCCCCCCC)OC(C(=O)O)C(O)C1O. The van der Waals surface area contributed by atoms with Gasteiger partial charge < -0.3 is 39.0 Å². The Morgan fingerprint density at radius 3 is 1.17 bits per heavy atom. The van der Waals surface area contributed by atoms with Crippen molar-refractivity contribution < 1.29 is 58.2 Å². The van der Waals surface area contributed by atoms with E-state index in [2.05, 4.69) is 57.2 Å². The van der Waals surface area contributed by atoms with Crippen molar-refractivity contribution in [2.45, 2.75) is 327 Å². The molecule has 1 heterocycles. The van der Waals surface area contributed by atoms with E-state index < -0.39 is 67.3 Å². The van der Waals surface area contributed by atoms with Crippen molar-refractivity contribution in [3.8, 4) is 0 Å². The number of aliphatic hydroxyl groups is 2. The first-order valence-corrected chi connectivity index (χ1v) is 31.0. The van der Waals surface area contributed by atoms with Crippen molar-refractivity contribution in [3.63, 3.8) is 0 Å². The van der Waals surface area contributed by atoms with Crippen LogP contribution in [0.2, 0.25) is 0 Å². The van der Waals surface area contributed by atoms with E-state index in [1.54, 1.807) is 0 Å². The number of carboxylic acids is 1. The first-order valence-electron chi connectivity index (χ1n) is 31.0. The minimum atomic E-state index is -1.90. The fourth-order valence-electron chi connectivity index (χ4n) is 9.34. The second kappa shape index (κ2) is 51.7. The second-order valence-corrected chi connectivity index (χ2v) is 21.3. The van der Waals surface area contributed by atoms with E-state index in [0.29, 0.717) is 19.3 Å². The van der Waals surface area contributed by atoms with E-state index in [1.807, 2.05) is 0 Å². The molecule has 0 bridgehead atoms. The van der Waals surface area contributed by atoms with Crippen LogP contribution in [-0.2, 0) is 42.9 Å². The summed E-state index contributed by atoms with van der Waals surface area (Å²) in [5.41, 5.74) is 0. The van der Waals surface area contributed by atoms with Gasteiger partial charge in [0.15, 0.2) is 24.6 Å². The predicted octanol–water partition coefficient (Wildman–Crippen LogP) is 16.0. The van der Waals surface area contributed by atoms with Crippen LogP contribution in [0.3, 0.4) is 0 Å². The summed E-state index contributed by atoms with van der Waals surface area (Å²) in [6.45, 7) is 5.95. The molecule has 0 saturated carbocycles. The normalized spacial score (nSPS) is 18.3. The Hall–Kier alpha value is -3.06. The molecular formula is C63H112O12. The molecule has 6 unspecified atom stereocenters. The summed E-state index contributed by atoms with van der Waals surface area (Å²) in [5.74, 6) is -3.12. The fraction of sp³-hybridized carbons (Fsp3) is 0.841. The van der Waals surface area contributed by atoms with E-state index in [4.69, 9.17) is 23.7 Å². The summed E-state index contributed by atoms with van der Waals surface area (Å²) in [7, 11) is 0. The Bertz CT molecular complexity index is 1450. The molecule has 1 aliphatic heterocycles. The summed E-state index contributed by atoms with van der Waals surface area (Å²) >= 11 is 0. The highest BCUT2D eigenvalue weighted by atomic mass is 16.7. The monoisotopic (exact) mass is 1060 g/mol. The van der Waals surface area contributed by atoms with Gasteiger partial charge in [0.1, 0.15) is 18.8 Å². The Kier molecular flexibility index (Phi) is 48.2. The van der Waals surface area contributed by atoms with Crippen molar-refractivity contribution in [1.82, 2.24) is 0 Å². The Morgan fingerprint density at radius 1 is 0.427 bits per heavy atom. The predicted molar refractivity (Wildman–Crippen MR) is 303 cm³/mol. The van der Waals surface area contributed by atoms with Crippen LogP contribution in [0.25, 0.3) is 0 Å². The lowest BCUT2D eigenvalue weighted by molar-refractivity contribution is -0.301. The standard InChI is InChI=1S/C63H112O12/c1-4-7-10-13-16-19-22-24-26-27-28-29-31-32-35-37-40-43-46-49-55(64)71-52-54(73-56(65)50-47-44-41-39-36-33-30-25-23-20-17-14-11-8-5-2)53-72-63-61(59(68)58(67)60(75-63)62(69)70)74-57(66)51-48-45-42-38-34-21-18-15-12-9-6-3/h15,18,24-26,30,54,58-61,63,67-68H,4-14,16-17,19-23,27-29,31-53H2,1-3H3,(H,69,70)/b18-15-,26-24-,30-25-. The first kappa shape index (κ1) is 70.0. The number of allylic oxidation sites excluding steroid dienone is 6. The van der Waals surface area contributed by atoms with Crippen LogP contribution in [-0.4, -0.2) is 89.2 Å². The fourth-order valence-corrected chi connectivity index (χ4v) is 9.34. The van der Waals surface area contributed by atoms with Gasteiger partial charge in [-0.3, -0.25) is 14.4 Å². The second-order valence-electron chi connectivity index (χ2n) is 21.3. The summed E-state index contributed by atoms with van der Waals surface area (Å²) in [6, 6.07) is 0. The zero-order valence-corrected chi connectivity index (χ0v) is 48.1. The van der Waals surface area contributed by atoms with Crippen molar-refractivity contribution in [2.24, 2.45) is 0 Å². The zero-order chi connectivity index (χ0) is 54.7. The van der Waals surface area contributed by atoms with Gasteiger partial charge in [0, 0.05) is 19.3 Å². The molecule has 0 aromatic heterocycles. The molecule has 3 N–H and O–H groups in total. The summed E-state index contributed by atoms with van der Waals surface area (Å²) in [4.78, 5) is 51.1. The molecule has 0 amide bonds. The van der Waals surface area contributed by atoms with Crippen LogP contribution in [0.15, 0.2) is 36.5 Å². The van der Waals surface area contributed by atoms with Crippen LogP contribution < -0.4 is 0 Å². The maximum atomic E-state index is 13.2. The van der Waals surface area contributed by atoms with Crippen LogP contribution in [0.5, 0.6) is 0 Å². The van der Waals surface area contributed by atoms with Gasteiger partial charge in [-0.2, -0.15) is 0 Å². The Labute approximate surface area is 457 Å². The van der Waals surface area contributed by atoms with Gasteiger partial charge in [-0.15, -0.1) is 0 Å². The molecule has 75 heavy (non-hydrogen) atoms. The molecule has 0 aromatic rings. The lowest BCUT2D eigenvalue weighted by atomic mass is 9.98. The number of aliphatic hydroxyl groups excluding tert-OH is 2. The first-order chi connectivity index (χ1) is 36.6. The number of unbranched alkanes of at least 4 members (excludes halogenated alkanes) is 33. The minimum absolute atomic E-state index is 0.0511. The van der Waals surface area contributed by atoms with Crippen LogP contribution in [0.4, 0.5) is 0 Å². The molecule has 1 saturated heterocycles. The molecule has 6 atom stereocenters. The van der Waals surface area contributed by atoms with Crippen LogP contribution in [0, 0.1) is 0 Å². The zero-order valence-electron chi connectivity index (χ0n) is 48.1. The lowest BCUT2D eigenvalue weighted by Crippen LogP contribution is -2.61. The largest absolute Gasteiger partial charge is 0.479 e. The number of carbonyl (C=O) groups is 4. The molecule has 1 rings (SSSR count). The maximum Gasteiger partial charge on any atom is 0.335 e. The molecule has 0 aliphatic carbocycles. The number of ether oxygens (including phenoxy) is 5. The van der Waals surface area contributed by atoms with Gasteiger partial charge in [-0.1, -0.05) is 218 Å². The number of esters is 3. The minimum Gasteiger partial charge on any atom is -0.479 e. The van der Waals surface area contributed by atoms with Gasteiger partial charge in [0.2, 0.25) is 0 Å². The Morgan fingerprint density at radius 2 is 0.773 bits per heavy atom. The quantitative estimate of drug-likeness (QED) is 0.0228. The van der Waals surface area contributed by atoms with Crippen molar-refractivity contribution in [2.75, 3.05) is 13.2 Å². The number of aliphatic carboxylic acids is 1. The highest BCUT2D eigenvalue weighted by Crippen LogP contribution is 2.26. The Balaban J connectivity index is 2.65. The van der Waals surface area contributed by atoms with E-state index in [-0.39, 0.29) is 25.9 Å². The van der Waals surface area contributed by atoms with Crippen molar-refractivity contribution >= 4 is 23.9 Å². The maximum absolute atomic E-state index is 13.2. The highest BCUT2D eigenvalue weighted by molar-refractivity contribution is 5.74. The summed E-state index contributed by atoms with van der Waals surface area (Å²) < 4.78 is 28.4. The van der Waals surface area contributed by atoms with Gasteiger partial charge in [-0.25, -0.2) is 4.79 Å². The van der Waals surface area contributed by atoms with Gasteiger partial charge in [0.05, 0.1) is 6.61 Å².